The number of rotatable bonds is 2. The summed E-state index contributed by atoms with van der Waals surface area (Å²) in [6, 6.07) is 11.8. The first kappa shape index (κ1) is 9.34. The van der Waals surface area contributed by atoms with Gasteiger partial charge in [0.05, 0.1) is 5.57 Å². The normalized spacial score (nSPS) is 10.7. The molecule has 0 aliphatic rings. The van der Waals surface area contributed by atoms with Gasteiger partial charge in [-0.15, -0.1) is 0 Å². The summed E-state index contributed by atoms with van der Waals surface area (Å²) in [5.74, 6) is 0. The van der Waals surface area contributed by atoms with E-state index < -0.39 is 0 Å². The zero-order valence-electron chi connectivity index (χ0n) is 7.86. The van der Waals surface area contributed by atoms with Crippen LogP contribution in [0.5, 0.6) is 0 Å². The van der Waals surface area contributed by atoms with Gasteiger partial charge < -0.3 is 4.90 Å². The van der Waals surface area contributed by atoms with Gasteiger partial charge in [0.15, 0.2) is 0 Å². The van der Waals surface area contributed by atoms with Crippen LogP contribution in [-0.4, -0.2) is 19.0 Å². The van der Waals surface area contributed by atoms with Crippen LogP contribution in [0.25, 0.3) is 5.57 Å². The van der Waals surface area contributed by atoms with Gasteiger partial charge in [0.1, 0.15) is 6.07 Å². The summed E-state index contributed by atoms with van der Waals surface area (Å²) in [6.45, 7) is 0. The Labute approximate surface area is 78.7 Å². The van der Waals surface area contributed by atoms with E-state index >= 15 is 0 Å². The van der Waals surface area contributed by atoms with Gasteiger partial charge in [-0.2, -0.15) is 5.26 Å². The largest absolute Gasteiger partial charge is 0.382 e. The lowest BCUT2D eigenvalue weighted by Crippen LogP contribution is -2.02. The van der Waals surface area contributed by atoms with Crippen LogP contribution in [-0.2, 0) is 0 Å². The Morgan fingerprint density at radius 2 is 1.92 bits per heavy atom. The van der Waals surface area contributed by atoms with E-state index in [4.69, 9.17) is 5.26 Å². The maximum Gasteiger partial charge on any atom is 0.101 e. The van der Waals surface area contributed by atoms with Gasteiger partial charge in [0.25, 0.3) is 0 Å². The first-order chi connectivity index (χ1) is 6.24. The quantitative estimate of drug-likeness (QED) is 0.639. The molecule has 0 spiro atoms. The minimum Gasteiger partial charge on any atom is -0.382 e. The van der Waals surface area contributed by atoms with Crippen molar-refractivity contribution in [1.82, 2.24) is 4.90 Å². The number of nitriles is 1. The number of nitrogens with zero attached hydrogens (tertiary/aromatic N) is 2. The van der Waals surface area contributed by atoms with Crippen molar-refractivity contribution >= 4 is 5.57 Å². The van der Waals surface area contributed by atoms with Crippen molar-refractivity contribution < 1.29 is 0 Å². The zero-order valence-corrected chi connectivity index (χ0v) is 7.86. The molecule has 1 aromatic carbocycles. The fourth-order valence-electron chi connectivity index (χ4n) is 1.04. The Morgan fingerprint density at radius 3 is 2.38 bits per heavy atom. The third-order valence-electron chi connectivity index (χ3n) is 1.59. The molecule has 2 nitrogen and oxygen atoms in total. The lowest BCUT2D eigenvalue weighted by atomic mass is 10.1. The summed E-state index contributed by atoms with van der Waals surface area (Å²) in [5.41, 5.74) is 1.64. The number of benzene rings is 1. The van der Waals surface area contributed by atoms with Crippen molar-refractivity contribution in [2.45, 2.75) is 0 Å². The summed E-state index contributed by atoms with van der Waals surface area (Å²) in [5, 5.41) is 8.88. The van der Waals surface area contributed by atoms with Crippen LogP contribution in [0.2, 0.25) is 0 Å². The van der Waals surface area contributed by atoms with Crippen molar-refractivity contribution in [3.8, 4) is 6.07 Å². The van der Waals surface area contributed by atoms with Crippen LogP contribution < -0.4 is 0 Å². The van der Waals surface area contributed by atoms with Crippen LogP contribution in [0.15, 0.2) is 36.5 Å². The van der Waals surface area contributed by atoms with Gasteiger partial charge >= 0.3 is 0 Å². The third-order valence-corrected chi connectivity index (χ3v) is 1.59. The average molecular weight is 172 g/mol. The van der Waals surface area contributed by atoms with Gasteiger partial charge in [0, 0.05) is 20.3 Å². The van der Waals surface area contributed by atoms with Gasteiger partial charge in [-0.25, -0.2) is 0 Å². The minimum atomic E-state index is 0.686. The van der Waals surface area contributed by atoms with Crippen LogP contribution in [0.4, 0.5) is 0 Å². The second-order valence-corrected chi connectivity index (χ2v) is 2.98. The predicted molar refractivity (Wildman–Crippen MR) is 53.7 cm³/mol. The monoisotopic (exact) mass is 172 g/mol. The molecule has 2 heteroatoms. The van der Waals surface area contributed by atoms with Gasteiger partial charge in [-0.1, -0.05) is 30.3 Å². The summed E-state index contributed by atoms with van der Waals surface area (Å²) < 4.78 is 0. The molecule has 0 aromatic heterocycles. The fourth-order valence-corrected chi connectivity index (χ4v) is 1.04. The van der Waals surface area contributed by atoms with E-state index in [1.807, 2.05) is 55.5 Å². The zero-order chi connectivity index (χ0) is 9.68. The van der Waals surface area contributed by atoms with Crippen molar-refractivity contribution in [1.29, 1.82) is 5.26 Å². The van der Waals surface area contributed by atoms with E-state index in [-0.39, 0.29) is 0 Å². The van der Waals surface area contributed by atoms with E-state index in [9.17, 15) is 0 Å². The summed E-state index contributed by atoms with van der Waals surface area (Å²) in [7, 11) is 3.81. The van der Waals surface area contributed by atoms with E-state index in [0.29, 0.717) is 5.57 Å². The Kier molecular flexibility index (Phi) is 3.10. The van der Waals surface area contributed by atoms with Gasteiger partial charge in [-0.3, -0.25) is 0 Å². The minimum absolute atomic E-state index is 0.686. The van der Waals surface area contributed by atoms with Crippen molar-refractivity contribution in [2.24, 2.45) is 0 Å². The highest BCUT2D eigenvalue weighted by atomic mass is 15.0. The molecule has 13 heavy (non-hydrogen) atoms. The smallest absolute Gasteiger partial charge is 0.101 e. The first-order valence-corrected chi connectivity index (χ1v) is 4.08. The highest BCUT2D eigenvalue weighted by Gasteiger charge is 1.98. The lowest BCUT2D eigenvalue weighted by Gasteiger charge is -2.06. The molecular formula is C11H12N2. The average Bonchev–Trinajstić information content (AvgIpc) is 2.15. The molecule has 66 valence electrons. The van der Waals surface area contributed by atoms with E-state index in [1.54, 1.807) is 0 Å². The molecule has 0 fully saturated rings. The van der Waals surface area contributed by atoms with E-state index in [1.165, 1.54) is 0 Å². The fraction of sp³-hybridized carbons (Fsp3) is 0.182. The number of hydrogen-bond acceptors (Lipinski definition) is 2. The summed E-state index contributed by atoms with van der Waals surface area (Å²) >= 11 is 0. The van der Waals surface area contributed by atoms with Crippen LogP contribution in [0.1, 0.15) is 5.56 Å². The molecule has 0 unspecified atom stereocenters. The highest BCUT2D eigenvalue weighted by Crippen LogP contribution is 2.12. The first-order valence-electron chi connectivity index (χ1n) is 4.08. The number of hydrogen-bond donors (Lipinski definition) is 0. The molecule has 0 atom stereocenters. The maximum absolute atomic E-state index is 8.88. The molecule has 0 saturated carbocycles. The Hall–Kier alpha value is -1.75. The predicted octanol–water partition coefficient (Wildman–Crippen LogP) is 2.11. The van der Waals surface area contributed by atoms with Crippen molar-refractivity contribution in [3.63, 3.8) is 0 Å². The molecule has 0 saturated heterocycles. The van der Waals surface area contributed by atoms with Crippen LogP contribution in [0, 0.1) is 11.3 Å². The maximum atomic E-state index is 8.88. The molecule has 0 radical (unpaired) electrons. The Balaban J connectivity index is 3.00. The molecule has 0 amide bonds. The van der Waals surface area contributed by atoms with Crippen molar-refractivity contribution in [3.05, 3.63) is 42.1 Å². The summed E-state index contributed by atoms with van der Waals surface area (Å²) in [4.78, 5) is 1.87. The van der Waals surface area contributed by atoms with E-state index in [2.05, 4.69) is 6.07 Å². The van der Waals surface area contributed by atoms with Gasteiger partial charge in [-0.05, 0) is 5.56 Å². The molecular weight excluding hydrogens is 160 g/mol. The molecule has 1 aromatic rings. The van der Waals surface area contributed by atoms with Gasteiger partial charge in [0.2, 0.25) is 0 Å². The van der Waals surface area contributed by atoms with Crippen LogP contribution in [0.3, 0.4) is 0 Å². The Morgan fingerprint density at radius 1 is 1.31 bits per heavy atom. The SMILES string of the molecule is CN(C)/C=C(/C#N)c1ccccc1. The standard InChI is InChI=1S/C11H12N2/c1-13(2)9-11(8-12)10-6-4-3-5-7-10/h3-7,9H,1-2H3/b11-9-. The molecule has 0 heterocycles. The molecule has 1 rings (SSSR count). The molecule has 0 bridgehead atoms. The topological polar surface area (TPSA) is 27.0 Å². The molecule has 0 N–H and O–H groups in total. The summed E-state index contributed by atoms with van der Waals surface area (Å²) in [6.07, 6.45) is 1.81. The number of allylic oxidation sites excluding steroid dienone is 1. The second-order valence-electron chi connectivity index (χ2n) is 2.98. The highest BCUT2D eigenvalue weighted by molar-refractivity contribution is 5.76. The van der Waals surface area contributed by atoms with E-state index in [0.717, 1.165) is 5.56 Å². The lowest BCUT2D eigenvalue weighted by molar-refractivity contribution is 0.566. The molecule has 0 aliphatic carbocycles. The third kappa shape index (κ3) is 2.64. The van der Waals surface area contributed by atoms with Crippen LogP contribution >= 0.6 is 0 Å². The molecule has 0 aliphatic heterocycles. The second kappa shape index (κ2) is 4.32. The Bertz CT molecular complexity index is 331. The van der Waals surface area contributed by atoms with Crippen molar-refractivity contribution in [2.75, 3.05) is 14.1 Å².